The van der Waals surface area contributed by atoms with Crippen LogP contribution in [0.15, 0.2) is 4.60 Å². The molecule has 3 rings (SSSR count). The molecular weight excluding hydrogens is 270 g/mol. The van der Waals surface area contributed by atoms with Crippen LogP contribution >= 0.6 is 15.9 Å². The van der Waals surface area contributed by atoms with Crippen molar-refractivity contribution in [2.24, 2.45) is 0 Å². The van der Waals surface area contributed by atoms with Crippen LogP contribution < -0.4 is 5.32 Å². The van der Waals surface area contributed by atoms with Gasteiger partial charge in [-0.25, -0.2) is 4.98 Å². The van der Waals surface area contributed by atoms with Gasteiger partial charge < -0.3 is 15.0 Å². The molecule has 0 bridgehead atoms. The summed E-state index contributed by atoms with van der Waals surface area (Å²) in [6.45, 7) is 3.03. The highest BCUT2D eigenvalue weighted by atomic mass is 79.9. The summed E-state index contributed by atoms with van der Waals surface area (Å²) >= 11 is 3.51. The van der Waals surface area contributed by atoms with E-state index in [0.29, 0.717) is 5.92 Å². The average molecular weight is 286 g/mol. The maximum Gasteiger partial charge on any atom is 0.127 e. The largest absolute Gasteiger partial charge is 0.393 e. The van der Waals surface area contributed by atoms with Crippen molar-refractivity contribution in [3.05, 3.63) is 16.1 Å². The lowest BCUT2D eigenvalue weighted by atomic mass is 10.1. The quantitative estimate of drug-likeness (QED) is 0.810. The fourth-order valence-corrected chi connectivity index (χ4v) is 3.27. The van der Waals surface area contributed by atoms with Gasteiger partial charge in [0.15, 0.2) is 0 Å². The highest BCUT2D eigenvalue weighted by molar-refractivity contribution is 9.10. The first-order chi connectivity index (χ1) is 7.75. The van der Waals surface area contributed by atoms with E-state index >= 15 is 0 Å². The molecule has 0 amide bonds. The Kier molecular flexibility index (Phi) is 2.77. The first kappa shape index (κ1) is 10.7. The van der Waals surface area contributed by atoms with Crippen molar-refractivity contribution < 1.29 is 5.11 Å². The van der Waals surface area contributed by atoms with Crippen LogP contribution in [0.1, 0.15) is 30.3 Å². The average Bonchev–Trinajstić information content (AvgIpc) is 2.87. The van der Waals surface area contributed by atoms with Crippen LogP contribution in [-0.2, 0) is 13.0 Å². The number of nitrogens with zero attached hydrogens (tertiary/aromatic N) is 2. The van der Waals surface area contributed by atoms with Gasteiger partial charge >= 0.3 is 0 Å². The first-order valence-corrected chi connectivity index (χ1v) is 6.68. The van der Waals surface area contributed by atoms with E-state index < -0.39 is 0 Å². The molecular formula is C11H16BrN3O. The first-order valence-electron chi connectivity index (χ1n) is 5.89. The molecule has 0 aliphatic carbocycles. The fourth-order valence-electron chi connectivity index (χ4n) is 2.71. The second-order valence-corrected chi connectivity index (χ2v) is 5.45. The zero-order chi connectivity index (χ0) is 11.1. The Morgan fingerprint density at radius 2 is 2.31 bits per heavy atom. The Morgan fingerprint density at radius 3 is 3.06 bits per heavy atom. The Balaban J connectivity index is 1.97. The number of imidazole rings is 1. The molecule has 2 unspecified atom stereocenters. The number of hydrogen-bond acceptors (Lipinski definition) is 3. The molecule has 1 saturated heterocycles. The summed E-state index contributed by atoms with van der Waals surface area (Å²) in [7, 11) is 0. The van der Waals surface area contributed by atoms with Gasteiger partial charge in [-0.2, -0.15) is 0 Å². The lowest BCUT2D eigenvalue weighted by molar-refractivity contribution is 0.142. The summed E-state index contributed by atoms with van der Waals surface area (Å²) < 4.78 is 3.22. The highest BCUT2D eigenvalue weighted by Crippen LogP contribution is 2.30. The minimum atomic E-state index is -0.199. The smallest absolute Gasteiger partial charge is 0.127 e. The van der Waals surface area contributed by atoms with Gasteiger partial charge in [-0.3, -0.25) is 0 Å². The number of aromatic nitrogens is 2. The lowest BCUT2D eigenvalue weighted by Crippen LogP contribution is -2.25. The molecule has 3 heterocycles. The Morgan fingerprint density at radius 1 is 1.44 bits per heavy atom. The number of hydrogen-bond donors (Lipinski definition) is 2. The molecule has 4 nitrogen and oxygen atoms in total. The molecule has 88 valence electrons. The van der Waals surface area contributed by atoms with Crippen molar-refractivity contribution >= 4 is 15.9 Å². The van der Waals surface area contributed by atoms with Crippen LogP contribution in [-0.4, -0.2) is 33.9 Å². The standard InChI is InChI=1S/C11H16BrN3O/c12-10-9-5-8(16)2-4-15(9)11(14-10)7-1-3-13-6-7/h7-8,13,16H,1-6H2. The van der Waals surface area contributed by atoms with Crippen molar-refractivity contribution in [3.63, 3.8) is 0 Å². The van der Waals surface area contributed by atoms with Crippen molar-refractivity contribution in [1.82, 2.24) is 14.9 Å². The third-order valence-electron chi connectivity index (χ3n) is 3.59. The number of aliphatic hydroxyl groups excluding tert-OH is 1. The minimum Gasteiger partial charge on any atom is -0.393 e. The molecule has 1 aromatic rings. The molecule has 2 N–H and O–H groups in total. The van der Waals surface area contributed by atoms with E-state index in [2.05, 4.69) is 30.8 Å². The van der Waals surface area contributed by atoms with Crippen molar-refractivity contribution in [2.45, 2.75) is 37.8 Å². The zero-order valence-corrected chi connectivity index (χ0v) is 10.7. The monoisotopic (exact) mass is 285 g/mol. The van der Waals surface area contributed by atoms with Crippen molar-refractivity contribution in [3.8, 4) is 0 Å². The summed E-state index contributed by atoms with van der Waals surface area (Å²) in [5, 5.41) is 13.1. The van der Waals surface area contributed by atoms with Crippen LogP contribution in [0.4, 0.5) is 0 Å². The van der Waals surface area contributed by atoms with Crippen molar-refractivity contribution in [2.75, 3.05) is 13.1 Å². The number of aliphatic hydroxyl groups is 1. The van der Waals surface area contributed by atoms with Gasteiger partial charge in [0, 0.05) is 25.4 Å². The van der Waals surface area contributed by atoms with Crippen molar-refractivity contribution in [1.29, 1.82) is 0 Å². The van der Waals surface area contributed by atoms with Crippen LogP contribution in [0.3, 0.4) is 0 Å². The second kappa shape index (κ2) is 4.13. The second-order valence-electron chi connectivity index (χ2n) is 4.70. The minimum absolute atomic E-state index is 0.199. The molecule has 0 aromatic carbocycles. The molecule has 2 aliphatic rings. The van der Waals surface area contributed by atoms with E-state index in [1.807, 2.05) is 0 Å². The van der Waals surface area contributed by atoms with Crippen LogP contribution in [0.2, 0.25) is 0 Å². The Hall–Kier alpha value is -0.390. The summed E-state index contributed by atoms with van der Waals surface area (Å²) in [6.07, 6.45) is 2.55. The highest BCUT2D eigenvalue weighted by Gasteiger charge is 2.28. The van der Waals surface area contributed by atoms with E-state index in [-0.39, 0.29) is 6.10 Å². The van der Waals surface area contributed by atoms with Crippen LogP contribution in [0.25, 0.3) is 0 Å². The van der Waals surface area contributed by atoms with Gasteiger partial charge in [-0.1, -0.05) is 0 Å². The third kappa shape index (κ3) is 1.71. The fraction of sp³-hybridized carbons (Fsp3) is 0.727. The molecule has 5 heteroatoms. The van der Waals surface area contributed by atoms with E-state index in [0.717, 1.165) is 37.1 Å². The molecule has 1 aromatic heterocycles. The van der Waals surface area contributed by atoms with Gasteiger partial charge in [0.25, 0.3) is 0 Å². The van der Waals surface area contributed by atoms with Gasteiger partial charge in [0.2, 0.25) is 0 Å². The summed E-state index contributed by atoms with van der Waals surface area (Å²) in [5.74, 6) is 1.74. The Labute approximate surface area is 103 Å². The summed E-state index contributed by atoms with van der Waals surface area (Å²) in [6, 6.07) is 0. The number of fused-ring (bicyclic) bond motifs is 1. The normalized spacial score (nSPS) is 29.4. The van der Waals surface area contributed by atoms with E-state index in [1.54, 1.807) is 0 Å². The summed E-state index contributed by atoms with van der Waals surface area (Å²) in [5.41, 5.74) is 1.17. The maximum atomic E-state index is 9.68. The topological polar surface area (TPSA) is 50.1 Å². The summed E-state index contributed by atoms with van der Waals surface area (Å²) in [4.78, 5) is 4.64. The number of nitrogens with one attached hydrogen (secondary N) is 1. The van der Waals surface area contributed by atoms with Gasteiger partial charge in [-0.15, -0.1) is 0 Å². The van der Waals surface area contributed by atoms with E-state index in [4.69, 9.17) is 0 Å². The molecule has 2 aliphatic heterocycles. The maximum absolute atomic E-state index is 9.68. The zero-order valence-electron chi connectivity index (χ0n) is 9.12. The molecule has 16 heavy (non-hydrogen) atoms. The lowest BCUT2D eigenvalue weighted by Gasteiger charge is -2.22. The molecule has 0 radical (unpaired) electrons. The SMILES string of the molecule is OC1CCn2c(C3CCNC3)nc(Br)c2C1. The van der Waals surface area contributed by atoms with Gasteiger partial charge in [-0.05, 0) is 35.3 Å². The van der Waals surface area contributed by atoms with Gasteiger partial charge in [0.1, 0.15) is 10.4 Å². The van der Waals surface area contributed by atoms with Crippen LogP contribution in [0.5, 0.6) is 0 Å². The molecule has 2 atom stereocenters. The number of halogens is 1. The van der Waals surface area contributed by atoms with Gasteiger partial charge in [0.05, 0.1) is 11.8 Å². The molecule has 0 saturated carbocycles. The van der Waals surface area contributed by atoms with Crippen LogP contribution in [0, 0.1) is 0 Å². The predicted molar refractivity (Wildman–Crippen MR) is 64.5 cm³/mol. The predicted octanol–water partition coefficient (Wildman–Crippen LogP) is 1.03. The molecule has 0 spiro atoms. The Bertz CT molecular complexity index is 398. The van der Waals surface area contributed by atoms with E-state index in [1.165, 1.54) is 17.9 Å². The number of rotatable bonds is 1. The van der Waals surface area contributed by atoms with E-state index in [9.17, 15) is 5.11 Å². The third-order valence-corrected chi connectivity index (χ3v) is 4.23. The molecule has 1 fully saturated rings.